The van der Waals surface area contributed by atoms with Crippen LogP contribution in [-0.4, -0.2) is 0 Å². The smallest absolute Gasteiger partial charge is 0.205 e. The summed E-state index contributed by atoms with van der Waals surface area (Å²) < 4.78 is 27.0. The summed E-state index contributed by atoms with van der Waals surface area (Å²) in [4.78, 5) is 0.585. The molecule has 0 aliphatic heterocycles. The third-order valence-corrected chi connectivity index (χ3v) is 4.05. The van der Waals surface area contributed by atoms with Crippen molar-refractivity contribution in [2.24, 2.45) is 0 Å². The van der Waals surface area contributed by atoms with Crippen LogP contribution in [0.25, 0.3) is 10.1 Å². The Morgan fingerprint density at radius 3 is 2.64 bits per heavy atom. The van der Waals surface area contributed by atoms with Gasteiger partial charge in [-0.1, -0.05) is 0 Å². The maximum Gasteiger partial charge on any atom is 0.265 e. The van der Waals surface area contributed by atoms with Gasteiger partial charge in [0, 0.05) is 15.2 Å². The zero-order valence-corrected chi connectivity index (χ0v) is 10.7. The average molecular weight is 342 g/mol. The molecular formula is C9H5F2IS2. The van der Waals surface area contributed by atoms with E-state index in [0.29, 0.717) is 9.60 Å². The van der Waals surface area contributed by atoms with E-state index in [2.05, 4.69) is 35.2 Å². The van der Waals surface area contributed by atoms with Gasteiger partial charge in [0.05, 0.1) is 2.88 Å². The normalized spacial score (nSPS) is 11.5. The fourth-order valence-corrected chi connectivity index (χ4v) is 3.45. The van der Waals surface area contributed by atoms with E-state index in [-0.39, 0.29) is 5.56 Å². The minimum absolute atomic E-state index is 0.0837. The Labute approximate surface area is 103 Å². The maximum absolute atomic E-state index is 12.7. The lowest BCUT2D eigenvalue weighted by molar-refractivity contribution is 0.153. The summed E-state index contributed by atoms with van der Waals surface area (Å²) in [6, 6.07) is 5.14. The molecule has 5 heteroatoms. The molecule has 0 bridgehead atoms. The Hall–Kier alpha value is 0.120. The van der Waals surface area contributed by atoms with Gasteiger partial charge in [-0.25, -0.2) is 8.78 Å². The van der Waals surface area contributed by atoms with E-state index >= 15 is 0 Å². The molecule has 0 atom stereocenters. The second-order valence-corrected chi connectivity index (χ2v) is 6.27. The Balaban J connectivity index is 2.79. The first kappa shape index (κ1) is 10.6. The molecule has 0 unspecified atom stereocenters. The van der Waals surface area contributed by atoms with Gasteiger partial charge >= 0.3 is 0 Å². The number of hydrogen-bond donors (Lipinski definition) is 1. The molecule has 0 amide bonds. The van der Waals surface area contributed by atoms with Crippen LogP contribution in [0, 0.1) is 2.88 Å². The molecule has 0 nitrogen and oxygen atoms in total. The van der Waals surface area contributed by atoms with Crippen molar-refractivity contribution >= 4 is 56.6 Å². The fraction of sp³-hybridized carbons (Fsp3) is 0.111. The van der Waals surface area contributed by atoms with Gasteiger partial charge in [0.2, 0.25) is 0 Å². The van der Waals surface area contributed by atoms with E-state index in [1.54, 1.807) is 0 Å². The molecule has 1 heterocycles. The fourth-order valence-electron chi connectivity index (χ4n) is 1.29. The van der Waals surface area contributed by atoms with Crippen molar-refractivity contribution in [2.45, 2.75) is 11.3 Å². The van der Waals surface area contributed by atoms with Gasteiger partial charge < -0.3 is 0 Å². The molecule has 2 rings (SSSR count). The van der Waals surface area contributed by atoms with E-state index in [4.69, 9.17) is 0 Å². The molecule has 0 saturated heterocycles. The zero-order valence-electron chi connectivity index (χ0n) is 6.80. The van der Waals surface area contributed by atoms with Crippen molar-refractivity contribution in [1.82, 2.24) is 0 Å². The highest BCUT2D eigenvalue weighted by Gasteiger charge is 2.14. The van der Waals surface area contributed by atoms with Gasteiger partial charge in [0.25, 0.3) is 6.43 Å². The molecule has 0 N–H and O–H groups in total. The van der Waals surface area contributed by atoms with Gasteiger partial charge in [-0.2, -0.15) is 0 Å². The summed E-state index contributed by atoms with van der Waals surface area (Å²) in [5.41, 5.74) is 0.0837. The van der Waals surface area contributed by atoms with Crippen molar-refractivity contribution in [3.05, 3.63) is 26.6 Å². The lowest BCUT2D eigenvalue weighted by Crippen LogP contribution is -1.84. The first-order valence-corrected chi connectivity index (χ1v) is 6.12. The van der Waals surface area contributed by atoms with Gasteiger partial charge in [0.15, 0.2) is 0 Å². The Morgan fingerprint density at radius 1 is 1.29 bits per heavy atom. The molecule has 0 radical (unpaired) electrons. The lowest BCUT2D eigenvalue weighted by Gasteiger charge is -2.02. The van der Waals surface area contributed by atoms with Crippen LogP contribution < -0.4 is 0 Å². The zero-order chi connectivity index (χ0) is 10.3. The summed E-state index contributed by atoms with van der Waals surface area (Å²) in [6.07, 6.45) is -2.43. The summed E-state index contributed by atoms with van der Waals surface area (Å²) >= 11 is 7.62. The van der Waals surface area contributed by atoms with E-state index in [1.165, 1.54) is 17.4 Å². The van der Waals surface area contributed by atoms with Crippen molar-refractivity contribution in [2.75, 3.05) is 0 Å². The van der Waals surface area contributed by atoms with Crippen LogP contribution in [0.15, 0.2) is 23.1 Å². The van der Waals surface area contributed by atoms with Crippen LogP contribution in [0.3, 0.4) is 0 Å². The van der Waals surface area contributed by atoms with E-state index in [9.17, 15) is 8.78 Å². The summed E-state index contributed by atoms with van der Waals surface area (Å²) in [6.45, 7) is 0. The number of benzene rings is 1. The van der Waals surface area contributed by atoms with Crippen molar-refractivity contribution in [1.29, 1.82) is 0 Å². The summed E-state index contributed by atoms with van der Waals surface area (Å²) in [5.74, 6) is 0. The Kier molecular flexibility index (Phi) is 2.99. The predicted molar refractivity (Wildman–Crippen MR) is 66.8 cm³/mol. The third-order valence-electron chi connectivity index (χ3n) is 1.83. The molecule has 2 aromatic rings. The Bertz CT molecular complexity index is 479. The molecule has 0 spiro atoms. The number of rotatable bonds is 1. The number of thiol groups is 1. The highest BCUT2D eigenvalue weighted by Crippen LogP contribution is 2.36. The van der Waals surface area contributed by atoms with Gasteiger partial charge in [-0.05, 0) is 46.2 Å². The topological polar surface area (TPSA) is 0 Å². The van der Waals surface area contributed by atoms with E-state index < -0.39 is 6.43 Å². The molecule has 0 saturated carbocycles. The standard InChI is InChI=1S/C9H5F2IS2/c10-9(11)6-3-5(13)1-4-2-7(12)14-8(4)6/h1-3,9,13H. The molecule has 1 aromatic carbocycles. The van der Waals surface area contributed by atoms with Crippen LogP contribution >= 0.6 is 46.6 Å². The monoisotopic (exact) mass is 342 g/mol. The van der Waals surface area contributed by atoms with Crippen molar-refractivity contribution in [3.63, 3.8) is 0 Å². The largest absolute Gasteiger partial charge is 0.265 e. The van der Waals surface area contributed by atoms with Crippen molar-refractivity contribution in [3.8, 4) is 0 Å². The van der Waals surface area contributed by atoms with Crippen LogP contribution in [-0.2, 0) is 0 Å². The molecule has 74 valence electrons. The maximum atomic E-state index is 12.7. The molecule has 1 aromatic heterocycles. The van der Waals surface area contributed by atoms with Gasteiger partial charge in [-0.15, -0.1) is 24.0 Å². The van der Waals surface area contributed by atoms with Crippen LogP contribution in [0.2, 0.25) is 0 Å². The first-order chi connectivity index (χ1) is 6.58. The molecule has 0 fully saturated rings. The number of thiophene rings is 1. The molecule has 14 heavy (non-hydrogen) atoms. The van der Waals surface area contributed by atoms with Gasteiger partial charge in [0.1, 0.15) is 0 Å². The highest BCUT2D eigenvalue weighted by atomic mass is 127. The predicted octanol–water partition coefficient (Wildman–Crippen LogP) is 4.73. The summed E-state index contributed by atoms with van der Waals surface area (Å²) in [7, 11) is 0. The number of fused-ring (bicyclic) bond motifs is 1. The van der Waals surface area contributed by atoms with Crippen LogP contribution in [0.5, 0.6) is 0 Å². The molecule has 0 aliphatic carbocycles. The molecular weight excluding hydrogens is 337 g/mol. The van der Waals surface area contributed by atoms with Crippen LogP contribution in [0.1, 0.15) is 12.0 Å². The number of alkyl halides is 2. The lowest BCUT2D eigenvalue weighted by atomic mass is 10.2. The third kappa shape index (κ3) is 1.90. The van der Waals surface area contributed by atoms with Crippen molar-refractivity contribution < 1.29 is 8.78 Å². The second kappa shape index (κ2) is 3.94. The minimum Gasteiger partial charge on any atom is -0.205 e. The second-order valence-electron chi connectivity index (χ2n) is 2.80. The minimum atomic E-state index is -2.43. The van der Waals surface area contributed by atoms with E-state index in [1.807, 2.05) is 12.1 Å². The number of halogens is 3. The van der Waals surface area contributed by atoms with Gasteiger partial charge in [-0.3, -0.25) is 0 Å². The quantitative estimate of drug-likeness (QED) is 0.562. The summed E-state index contributed by atoms with van der Waals surface area (Å²) in [5, 5.41) is 0.849. The Morgan fingerprint density at radius 2 is 2.00 bits per heavy atom. The van der Waals surface area contributed by atoms with Crippen LogP contribution in [0.4, 0.5) is 8.78 Å². The average Bonchev–Trinajstić information content (AvgIpc) is 2.42. The SMILES string of the molecule is FC(F)c1cc(S)cc2cc(I)sc12. The first-order valence-electron chi connectivity index (χ1n) is 3.78. The highest BCUT2D eigenvalue weighted by molar-refractivity contribution is 14.1. The number of hydrogen-bond acceptors (Lipinski definition) is 2. The molecule has 0 aliphatic rings. The van der Waals surface area contributed by atoms with E-state index in [0.717, 1.165) is 8.27 Å².